The van der Waals surface area contributed by atoms with Crippen molar-refractivity contribution in [1.82, 2.24) is 10.2 Å². The van der Waals surface area contributed by atoms with Gasteiger partial charge >= 0.3 is 6.03 Å². The van der Waals surface area contributed by atoms with Crippen molar-refractivity contribution in [3.63, 3.8) is 0 Å². The van der Waals surface area contributed by atoms with Crippen LogP contribution in [-0.2, 0) is 0 Å². The van der Waals surface area contributed by atoms with Crippen molar-refractivity contribution in [2.45, 2.75) is 31.7 Å². The molecule has 22 heavy (non-hydrogen) atoms. The topological polar surface area (TPSA) is 55.8 Å². The molecule has 1 aromatic carbocycles. The zero-order chi connectivity index (χ0) is 15.8. The number of amides is 2. The van der Waals surface area contributed by atoms with Crippen LogP contribution in [0.1, 0.15) is 25.7 Å². The first-order valence-corrected chi connectivity index (χ1v) is 8.14. The lowest BCUT2D eigenvalue weighted by Crippen LogP contribution is -2.50. The maximum absolute atomic E-state index is 12.3. The molecule has 0 saturated carbocycles. The summed E-state index contributed by atoms with van der Waals surface area (Å²) >= 11 is 0. The molecule has 1 saturated heterocycles. The fourth-order valence-electron chi connectivity index (χ4n) is 2.96. The number of aliphatic hydroxyl groups is 1. The fraction of sp³-hybridized carbons (Fsp3) is 0.588. The highest BCUT2D eigenvalue weighted by molar-refractivity contribution is 5.74. The molecule has 0 aromatic heterocycles. The van der Waals surface area contributed by atoms with E-state index in [9.17, 15) is 4.79 Å². The highest BCUT2D eigenvalue weighted by Crippen LogP contribution is 2.19. The van der Waals surface area contributed by atoms with Gasteiger partial charge in [-0.15, -0.1) is 0 Å². The van der Waals surface area contributed by atoms with Gasteiger partial charge in [-0.3, -0.25) is 0 Å². The summed E-state index contributed by atoms with van der Waals surface area (Å²) < 4.78 is 0. The van der Waals surface area contributed by atoms with E-state index in [-0.39, 0.29) is 18.7 Å². The summed E-state index contributed by atoms with van der Waals surface area (Å²) in [6.45, 7) is 2.33. The van der Waals surface area contributed by atoms with Crippen molar-refractivity contribution in [2.24, 2.45) is 0 Å². The number of aliphatic hydroxyl groups excluding tert-OH is 1. The first-order valence-electron chi connectivity index (χ1n) is 8.14. The molecule has 1 unspecified atom stereocenters. The van der Waals surface area contributed by atoms with E-state index in [1.165, 1.54) is 0 Å². The Labute approximate surface area is 132 Å². The molecule has 1 aromatic rings. The third-order valence-electron chi connectivity index (χ3n) is 4.27. The van der Waals surface area contributed by atoms with Crippen molar-refractivity contribution < 1.29 is 9.90 Å². The average molecular weight is 305 g/mol. The van der Waals surface area contributed by atoms with E-state index in [0.717, 1.165) is 38.0 Å². The van der Waals surface area contributed by atoms with Gasteiger partial charge in [-0.2, -0.15) is 0 Å². The average Bonchev–Trinajstić information content (AvgIpc) is 2.56. The number of likely N-dealkylation sites (tertiary alicyclic amines) is 1. The molecule has 0 aliphatic carbocycles. The van der Waals surface area contributed by atoms with Gasteiger partial charge in [-0.25, -0.2) is 4.79 Å². The van der Waals surface area contributed by atoms with Gasteiger partial charge in [0.05, 0.1) is 0 Å². The van der Waals surface area contributed by atoms with Crippen molar-refractivity contribution in [2.75, 3.05) is 38.2 Å². The maximum Gasteiger partial charge on any atom is 0.317 e. The van der Waals surface area contributed by atoms with E-state index in [1.54, 1.807) is 0 Å². The van der Waals surface area contributed by atoms with Crippen LogP contribution in [0.2, 0.25) is 0 Å². The van der Waals surface area contributed by atoms with Crippen LogP contribution in [0.3, 0.4) is 0 Å². The van der Waals surface area contributed by atoms with Crippen LogP contribution in [0, 0.1) is 0 Å². The number of anilines is 1. The molecule has 2 amide bonds. The molecule has 1 fully saturated rings. The van der Waals surface area contributed by atoms with Gasteiger partial charge in [0.15, 0.2) is 0 Å². The van der Waals surface area contributed by atoms with E-state index in [0.29, 0.717) is 13.0 Å². The monoisotopic (exact) mass is 305 g/mol. The Morgan fingerprint density at radius 2 is 2.14 bits per heavy atom. The minimum atomic E-state index is -0.000360. The molecule has 1 aliphatic rings. The molecular weight excluding hydrogens is 278 g/mol. The fourth-order valence-corrected chi connectivity index (χ4v) is 2.96. The highest BCUT2D eigenvalue weighted by Gasteiger charge is 2.25. The number of nitrogens with zero attached hydrogens (tertiary/aromatic N) is 2. The van der Waals surface area contributed by atoms with Crippen LogP contribution in [0.25, 0.3) is 0 Å². The van der Waals surface area contributed by atoms with Gasteiger partial charge in [0.1, 0.15) is 0 Å². The number of piperidine rings is 1. The van der Waals surface area contributed by atoms with Crippen LogP contribution >= 0.6 is 0 Å². The van der Waals surface area contributed by atoms with E-state index in [2.05, 4.69) is 22.3 Å². The lowest BCUT2D eigenvalue weighted by Gasteiger charge is -2.35. The molecule has 2 rings (SSSR count). The Balaban J connectivity index is 1.77. The number of para-hydroxylation sites is 1. The van der Waals surface area contributed by atoms with Gasteiger partial charge in [-0.05, 0) is 37.8 Å². The quantitative estimate of drug-likeness (QED) is 0.846. The van der Waals surface area contributed by atoms with Crippen molar-refractivity contribution in [3.05, 3.63) is 30.3 Å². The highest BCUT2D eigenvalue weighted by atomic mass is 16.3. The smallest absolute Gasteiger partial charge is 0.317 e. The SMILES string of the molecule is CN(CCNC(=O)N1CCCCC1CCO)c1ccccc1. The van der Waals surface area contributed by atoms with Crippen LogP contribution in [0.5, 0.6) is 0 Å². The third-order valence-corrected chi connectivity index (χ3v) is 4.27. The number of hydrogen-bond donors (Lipinski definition) is 2. The summed E-state index contributed by atoms with van der Waals surface area (Å²) in [4.78, 5) is 16.3. The summed E-state index contributed by atoms with van der Waals surface area (Å²) in [6.07, 6.45) is 3.87. The van der Waals surface area contributed by atoms with E-state index < -0.39 is 0 Å². The molecule has 0 radical (unpaired) electrons. The standard InChI is InChI=1S/C17H27N3O2/c1-19(15-7-3-2-4-8-15)13-11-18-17(22)20-12-6-5-9-16(20)10-14-21/h2-4,7-8,16,21H,5-6,9-14H2,1H3,(H,18,22). The number of carbonyl (C=O) groups is 1. The van der Waals surface area contributed by atoms with Crippen LogP contribution < -0.4 is 10.2 Å². The number of likely N-dealkylation sites (N-methyl/N-ethyl adjacent to an activating group) is 1. The van der Waals surface area contributed by atoms with Gasteiger partial charge in [0, 0.05) is 45.0 Å². The molecule has 1 aliphatic heterocycles. The Hall–Kier alpha value is -1.75. The minimum Gasteiger partial charge on any atom is -0.396 e. The van der Waals surface area contributed by atoms with Crippen LogP contribution in [-0.4, -0.2) is 55.4 Å². The second-order valence-corrected chi connectivity index (χ2v) is 5.84. The van der Waals surface area contributed by atoms with Crippen molar-refractivity contribution >= 4 is 11.7 Å². The molecule has 5 heteroatoms. The zero-order valence-corrected chi connectivity index (χ0v) is 13.4. The minimum absolute atomic E-state index is 0.000360. The predicted octanol–water partition coefficient (Wildman–Crippen LogP) is 2.07. The molecule has 122 valence electrons. The summed E-state index contributed by atoms with van der Waals surface area (Å²) in [7, 11) is 2.02. The number of nitrogens with one attached hydrogen (secondary N) is 1. The zero-order valence-electron chi connectivity index (χ0n) is 13.4. The molecular formula is C17H27N3O2. The summed E-state index contributed by atoms with van der Waals surface area (Å²) in [5.41, 5.74) is 1.15. The van der Waals surface area contributed by atoms with E-state index in [4.69, 9.17) is 5.11 Å². The Bertz CT molecular complexity index is 450. The lowest BCUT2D eigenvalue weighted by atomic mass is 10.0. The van der Waals surface area contributed by atoms with Crippen LogP contribution in [0.4, 0.5) is 10.5 Å². The van der Waals surface area contributed by atoms with Gasteiger partial charge in [0.2, 0.25) is 0 Å². The first-order chi connectivity index (χ1) is 10.7. The summed E-state index contributed by atoms with van der Waals surface area (Å²) in [5, 5.41) is 12.1. The number of carbonyl (C=O) groups excluding carboxylic acids is 1. The molecule has 2 N–H and O–H groups in total. The summed E-state index contributed by atoms with van der Waals surface area (Å²) in [6, 6.07) is 10.3. The van der Waals surface area contributed by atoms with Crippen molar-refractivity contribution in [1.29, 1.82) is 0 Å². The molecule has 1 heterocycles. The second-order valence-electron chi connectivity index (χ2n) is 5.84. The lowest BCUT2D eigenvalue weighted by molar-refractivity contribution is 0.132. The van der Waals surface area contributed by atoms with Gasteiger partial charge in [0.25, 0.3) is 0 Å². The van der Waals surface area contributed by atoms with Crippen LogP contribution in [0.15, 0.2) is 30.3 Å². The van der Waals surface area contributed by atoms with E-state index in [1.807, 2.05) is 30.1 Å². The van der Waals surface area contributed by atoms with E-state index >= 15 is 0 Å². The second kappa shape index (κ2) is 8.63. The first kappa shape index (κ1) is 16.6. The van der Waals surface area contributed by atoms with Crippen molar-refractivity contribution in [3.8, 4) is 0 Å². The largest absolute Gasteiger partial charge is 0.396 e. The molecule has 1 atom stereocenters. The Kier molecular flexibility index (Phi) is 6.52. The predicted molar refractivity (Wildman–Crippen MR) is 89.2 cm³/mol. The summed E-state index contributed by atoms with van der Waals surface area (Å²) in [5.74, 6) is 0. The maximum atomic E-state index is 12.3. The number of benzene rings is 1. The molecule has 0 spiro atoms. The number of hydrogen-bond acceptors (Lipinski definition) is 3. The Morgan fingerprint density at radius 3 is 2.86 bits per heavy atom. The van der Waals surface area contributed by atoms with Gasteiger partial charge < -0.3 is 20.2 Å². The van der Waals surface area contributed by atoms with Gasteiger partial charge in [-0.1, -0.05) is 18.2 Å². The molecule has 5 nitrogen and oxygen atoms in total. The third kappa shape index (κ3) is 4.63. The number of rotatable bonds is 6. The Morgan fingerprint density at radius 1 is 1.36 bits per heavy atom. The molecule has 0 bridgehead atoms. The normalized spacial score (nSPS) is 18.1. The number of urea groups is 1.